The molecule has 3 rings (SSSR count). The Balaban J connectivity index is 1.72. The van der Waals surface area contributed by atoms with Crippen molar-refractivity contribution in [3.05, 3.63) is 47.3 Å². The van der Waals surface area contributed by atoms with Crippen molar-refractivity contribution in [3.63, 3.8) is 0 Å². The van der Waals surface area contributed by atoms with Crippen LogP contribution in [0.5, 0.6) is 0 Å². The summed E-state index contributed by atoms with van der Waals surface area (Å²) in [7, 11) is 0. The first-order valence-corrected chi connectivity index (χ1v) is 8.55. The predicted molar refractivity (Wildman–Crippen MR) is 97.2 cm³/mol. The predicted octanol–water partition coefficient (Wildman–Crippen LogP) is 3.23. The topological polar surface area (TPSA) is 75.2 Å². The van der Waals surface area contributed by atoms with Gasteiger partial charge in [-0.3, -0.25) is 9.59 Å². The molecule has 0 bridgehead atoms. The maximum absolute atomic E-state index is 12.5. The Morgan fingerprint density at radius 1 is 1.08 bits per heavy atom. The molecule has 130 valence electrons. The van der Waals surface area contributed by atoms with Gasteiger partial charge in [0.25, 0.3) is 5.91 Å². The third kappa shape index (κ3) is 4.02. The van der Waals surface area contributed by atoms with Crippen molar-refractivity contribution in [2.45, 2.75) is 33.1 Å². The summed E-state index contributed by atoms with van der Waals surface area (Å²) in [6, 6.07) is 6.82. The number of carbonyl (C=O) groups excluding carboxylic acids is 2. The highest BCUT2D eigenvalue weighted by Gasteiger charge is 2.17. The molecule has 1 saturated heterocycles. The Kier molecular flexibility index (Phi) is 5.07. The standard InChI is InChI=1S/C19H22N4O2/c1-13-17(12-20-19(21-13)23-10-4-3-5-11-23)18(25)22-16-8-6-15(7-9-16)14(2)24/h6-9,12H,3-5,10-11H2,1-2H3,(H,22,25). The minimum absolute atomic E-state index is 0.00424. The second kappa shape index (κ2) is 7.42. The summed E-state index contributed by atoms with van der Waals surface area (Å²) < 4.78 is 0. The molecule has 1 N–H and O–H groups in total. The number of nitrogens with zero attached hydrogens (tertiary/aromatic N) is 3. The highest BCUT2D eigenvalue weighted by molar-refractivity contribution is 6.05. The molecule has 1 aromatic carbocycles. The van der Waals surface area contributed by atoms with E-state index in [1.165, 1.54) is 13.3 Å². The van der Waals surface area contributed by atoms with Crippen molar-refractivity contribution >= 4 is 23.3 Å². The van der Waals surface area contributed by atoms with Crippen LogP contribution in [0.25, 0.3) is 0 Å². The Morgan fingerprint density at radius 3 is 2.36 bits per heavy atom. The summed E-state index contributed by atoms with van der Waals surface area (Å²) in [5.74, 6) is 0.438. The van der Waals surface area contributed by atoms with Crippen molar-refractivity contribution in [2.75, 3.05) is 23.3 Å². The number of piperidine rings is 1. The van der Waals surface area contributed by atoms with Crippen molar-refractivity contribution in [2.24, 2.45) is 0 Å². The van der Waals surface area contributed by atoms with Gasteiger partial charge in [0.05, 0.1) is 11.3 Å². The number of benzene rings is 1. The van der Waals surface area contributed by atoms with Gasteiger partial charge in [-0.05, 0) is 57.4 Å². The van der Waals surface area contributed by atoms with Crippen molar-refractivity contribution < 1.29 is 9.59 Å². The van der Waals surface area contributed by atoms with Gasteiger partial charge in [-0.15, -0.1) is 0 Å². The smallest absolute Gasteiger partial charge is 0.259 e. The van der Waals surface area contributed by atoms with Crippen LogP contribution in [0, 0.1) is 6.92 Å². The summed E-state index contributed by atoms with van der Waals surface area (Å²) in [6.45, 7) is 5.27. The van der Waals surface area contributed by atoms with E-state index < -0.39 is 0 Å². The van der Waals surface area contributed by atoms with Gasteiger partial charge in [-0.25, -0.2) is 9.97 Å². The number of anilines is 2. The Labute approximate surface area is 147 Å². The molecule has 0 spiro atoms. The number of hydrogen-bond donors (Lipinski definition) is 1. The number of rotatable bonds is 4. The van der Waals surface area contributed by atoms with Crippen molar-refractivity contribution in [3.8, 4) is 0 Å². The number of aryl methyl sites for hydroxylation is 1. The van der Waals surface area contributed by atoms with E-state index in [2.05, 4.69) is 20.2 Å². The first-order valence-electron chi connectivity index (χ1n) is 8.55. The molecule has 0 atom stereocenters. The van der Waals surface area contributed by atoms with Gasteiger partial charge in [0, 0.05) is 30.5 Å². The molecule has 1 amide bonds. The number of amides is 1. The average molecular weight is 338 g/mol. The molecule has 1 aliphatic rings. The van der Waals surface area contributed by atoms with E-state index in [1.807, 2.05) is 6.92 Å². The van der Waals surface area contributed by atoms with Crippen LogP contribution in [0.2, 0.25) is 0 Å². The second-order valence-electron chi connectivity index (χ2n) is 6.30. The summed E-state index contributed by atoms with van der Waals surface area (Å²) >= 11 is 0. The highest BCUT2D eigenvalue weighted by Crippen LogP contribution is 2.18. The van der Waals surface area contributed by atoms with Gasteiger partial charge >= 0.3 is 0 Å². The lowest BCUT2D eigenvalue weighted by molar-refractivity contribution is 0.101. The molecule has 1 aliphatic heterocycles. The quantitative estimate of drug-likeness (QED) is 0.866. The molecule has 1 aromatic heterocycles. The molecule has 2 aromatic rings. The van der Waals surface area contributed by atoms with Gasteiger partial charge in [0.2, 0.25) is 5.95 Å². The first kappa shape index (κ1) is 17.1. The Hall–Kier alpha value is -2.76. The third-order valence-electron chi connectivity index (χ3n) is 4.40. The monoisotopic (exact) mass is 338 g/mol. The molecule has 25 heavy (non-hydrogen) atoms. The molecule has 1 fully saturated rings. The van der Waals surface area contributed by atoms with Crippen LogP contribution in [0.1, 0.15) is 52.6 Å². The van der Waals surface area contributed by atoms with E-state index >= 15 is 0 Å². The zero-order valence-electron chi connectivity index (χ0n) is 14.6. The largest absolute Gasteiger partial charge is 0.341 e. The molecule has 0 saturated carbocycles. The van der Waals surface area contributed by atoms with Gasteiger partial charge in [-0.1, -0.05) is 0 Å². The summed E-state index contributed by atoms with van der Waals surface area (Å²) in [5, 5.41) is 2.82. The maximum atomic E-state index is 12.5. The lowest BCUT2D eigenvalue weighted by Gasteiger charge is -2.26. The number of carbonyl (C=O) groups is 2. The summed E-state index contributed by atoms with van der Waals surface area (Å²) in [5.41, 5.74) is 2.36. The van der Waals surface area contributed by atoms with E-state index in [0.29, 0.717) is 28.5 Å². The number of Topliss-reactive ketones (excluding diaryl/α,β-unsaturated/α-hetero) is 1. The van der Waals surface area contributed by atoms with Crippen LogP contribution in [-0.2, 0) is 0 Å². The van der Waals surface area contributed by atoms with Gasteiger partial charge in [-0.2, -0.15) is 0 Å². The van der Waals surface area contributed by atoms with E-state index in [-0.39, 0.29) is 11.7 Å². The zero-order chi connectivity index (χ0) is 17.8. The van der Waals surface area contributed by atoms with Gasteiger partial charge in [0.15, 0.2) is 5.78 Å². The van der Waals surface area contributed by atoms with Crippen LogP contribution in [0.4, 0.5) is 11.6 Å². The maximum Gasteiger partial charge on any atom is 0.259 e. The van der Waals surface area contributed by atoms with Crippen LogP contribution >= 0.6 is 0 Å². The number of nitrogens with one attached hydrogen (secondary N) is 1. The SMILES string of the molecule is CC(=O)c1ccc(NC(=O)c2cnc(N3CCCCC3)nc2C)cc1. The number of hydrogen-bond acceptors (Lipinski definition) is 5. The van der Waals surface area contributed by atoms with Crippen LogP contribution in [0.15, 0.2) is 30.5 Å². The lowest BCUT2D eigenvalue weighted by Crippen LogP contribution is -2.31. The number of ketones is 1. The minimum atomic E-state index is -0.252. The van der Waals surface area contributed by atoms with E-state index in [0.717, 1.165) is 25.9 Å². The van der Waals surface area contributed by atoms with Crippen LogP contribution in [0.3, 0.4) is 0 Å². The van der Waals surface area contributed by atoms with Crippen LogP contribution < -0.4 is 10.2 Å². The van der Waals surface area contributed by atoms with E-state index in [9.17, 15) is 9.59 Å². The lowest BCUT2D eigenvalue weighted by atomic mass is 10.1. The molecule has 6 heteroatoms. The molecule has 0 radical (unpaired) electrons. The zero-order valence-corrected chi connectivity index (χ0v) is 14.6. The van der Waals surface area contributed by atoms with E-state index in [1.54, 1.807) is 30.5 Å². The molecule has 0 aliphatic carbocycles. The first-order chi connectivity index (χ1) is 12.0. The molecule has 2 heterocycles. The van der Waals surface area contributed by atoms with Gasteiger partial charge in [0.1, 0.15) is 0 Å². The summed E-state index contributed by atoms with van der Waals surface area (Å²) in [4.78, 5) is 34.8. The van der Waals surface area contributed by atoms with Crippen molar-refractivity contribution in [1.82, 2.24) is 9.97 Å². The Morgan fingerprint density at radius 2 is 1.76 bits per heavy atom. The second-order valence-corrected chi connectivity index (χ2v) is 6.30. The van der Waals surface area contributed by atoms with E-state index in [4.69, 9.17) is 0 Å². The molecule has 6 nitrogen and oxygen atoms in total. The normalized spacial score (nSPS) is 14.2. The third-order valence-corrected chi connectivity index (χ3v) is 4.40. The Bertz CT molecular complexity index is 781. The summed E-state index contributed by atoms with van der Waals surface area (Å²) in [6.07, 6.45) is 5.14. The molecular weight excluding hydrogens is 316 g/mol. The number of aromatic nitrogens is 2. The average Bonchev–Trinajstić information content (AvgIpc) is 2.62. The fraction of sp³-hybridized carbons (Fsp3) is 0.368. The molecular formula is C19H22N4O2. The fourth-order valence-electron chi connectivity index (χ4n) is 2.91. The van der Waals surface area contributed by atoms with Crippen molar-refractivity contribution in [1.29, 1.82) is 0 Å². The van der Waals surface area contributed by atoms with Gasteiger partial charge < -0.3 is 10.2 Å². The molecule has 0 unspecified atom stereocenters. The minimum Gasteiger partial charge on any atom is -0.341 e. The fourth-order valence-corrected chi connectivity index (χ4v) is 2.91. The van der Waals surface area contributed by atoms with Crippen LogP contribution in [-0.4, -0.2) is 34.7 Å². The highest BCUT2D eigenvalue weighted by atomic mass is 16.1.